The van der Waals surface area contributed by atoms with Crippen LogP contribution in [0.15, 0.2) is 28.7 Å². The second-order valence-corrected chi connectivity index (χ2v) is 7.68. The molecule has 1 amide bonds. The van der Waals surface area contributed by atoms with E-state index in [0.717, 1.165) is 29.8 Å². The highest BCUT2D eigenvalue weighted by atomic mass is 35.5. The molecule has 2 heterocycles. The molecule has 22 heavy (non-hydrogen) atoms. The van der Waals surface area contributed by atoms with Crippen LogP contribution in [0.2, 0.25) is 0 Å². The topological polar surface area (TPSA) is 46.3 Å². The maximum Gasteiger partial charge on any atom is 0.228 e. The maximum absolute atomic E-state index is 12.3. The van der Waals surface area contributed by atoms with Gasteiger partial charge in [0.05, 0.1) is 5.92 Å². The second-order valence-electron chi connectivity index (χ2n) is 6.14. The van der Waals surface area contributed by atoms with Crippen molar-refractivity contribution in [3.8, 4) is 0 Å². The van der Waals surface area contributed by atoms with Gasteiger partial charge in [0.2, 0.25) is 5.91 Å². The van der Waals surface area contributed by atoms with E-state index in [1.807, 2.05) is 29.2 Å². The fourth-order valence-corrected chi connectivity index (χ4v) is 3.61. The predicted octanol–water partition coefficient (Wildman–Crippen LogP) is 3.73. The third-order valence-corrected chi connectivity index (χ3v) is 5.43. The molecule has 1 aliphatic heterocycles. The molecule has 2 aromatic rings. The van der Waals surface area contributed by atoms with Crippen LogP contribution in [0.5, 0.6) is 0 Å². The van der Waals surface area contributed by atoms with Gasteiger partial charge in [-0.1, -0.05) is 12.1 Å². The molecule has 1 saturated heterocycles. The van der Waals surface area contributed by atoms with Crippen molar-refractivity contribution in [1.82, 2.24) is 9.88 Å². The number of halogens is 2. The minimum Gasteiger partial charge on any atom is -0.440 e. The number of oxazole rings is 1. The number of rotatable bonds is 2. The normalized spacial score (nSPS) is 24.6. The summed E-state index contributed by atoms with van der Waals surface area (Å²) < 4.78 is 5.00. The van der Waals surface area contributed by atoms with E-state index in [-0.39, 0.29) is 17.7 Å². The Labute approximate surface area is 138 Å². The molecule has 0 spiro atoms. The summed E-state index contributed by atoms with van der Waals surface area (Å²) in [6.45, 7) is 1.42. The van der Waals surface area contributed by atoms with Gasteiger partial charge in [-0.05, 0) is 31.4 Å². The molecule has 6 heteroatoms. The molecule has 2 aliphatic rings. The van der Waals surface area contributed by atoms with E-state index in [1.54, 1.807) is 0 Å². The Morgan fingerprint density at radius 3 is 2.59 bits per heavy atom. The molecule has 0 bridgehead atoms. The van der Waals surface area contributed by atoms with Gasteiger partial charge < -0.3 is 9.32 Å². The zero-order chi connectivity index (χ0) is 15.3. The fraction of sp³-hybridized carbons (Fsp3) is 0.500. The van der Waals surface area contributed by atoms with Gasteiger partial charge in [-0.3, -0.25) is 4.79 Å². The number of piperidine rings is 1. The lowest BCUT2D eigenvalue weighted by Crippen LogP contribution is -2.39. The summed E-state index contributed by atoms with van der Waals surface area (Å²) in [5, 5.41) is 0. The number of nitrogens with zero attached hydrogens (tertiary/aromatic N) is 2. The van der Waals surface area contributed by atoms with Gasteiger partial charge in [-0.15, -0.1) is 23.2 Å². The Bertz CT molecular complexity index is 687. The van der Waals surface area contributed by atoms with Crippen molar-refractivity contribution in [2.24, 2.45) is 5.92 Å². The van der Waals surface area contributed by atoms with Crippen LogP contribution in [0.1, 0.15) is 31.1 Å². The van der Waals surface area contributed by atoms with E-state index < -0.39 is 4.33 Å². The summed E-state index contributed by atoms with van der Waals surface area (Å²) in [4.78, 5) is 18.7. The van der Waals surface area contributed by atoms with Crippen molar-refractivity contribution in [2.75, 3.05) is 13.1 Å². The summed E-state index contributed by atoms with van der Waals surface area (Å²) in [7, 11) is 0. The van der Waals surface area contributed by atoms with E-state index in [0.29, 0.717) is 19.5 Å². The number of para-hydroxylation sites is 2. The van der Waals surface area contributed by atoms with E-state index in [9.17, 15) is 4.79 Å². The number of carbonyl (C=O) groups is 1. The van der Waals surface area contributed by atoms with Crippen LogP contribution in [-0.4, -0.2) is 33.2 Å². The molecule has 4 rings (SSSR count). The lowest BCUT2D eigenvalue weighted by Gasteiger charge is -2.30. The summed E-state index contributed by atoms with van der Waals surface area (Å²) in [6, 6.07) is 7.78. The standard InChI is InChI=1S/C16H16Cl2N2O2/c17-16(18)9-11(16)15(21)20-7-5-10(6-8-20)14-19-12-3-1-2-4-13(12)22-14/h1-4,10-11H,5-9H2. The van der Waals surface area contributed by atoms with Gasteiger partial charge in [0, 0.05) is 19.0 Å². The van der Waals surface area contributed by atoms with E-state index in [1.165, 1.54) is 0 Å². The van der Waals surface area contributed by atoms with Crippen molar-refractivity contribution in [1.29, 1.82) is 0 Å². The highest BCUT2D eigenvalue weighted by molar-refractivity contribution is 6.52. The zero-order valence-corrected chi connectivity index (χ0v) is 13.5. The molecule has 4 nitrogen and oxygen atoms in total. The Balaban J connectivity index is 1.42. The first-order chi connectivity index (χ1) is 10.5. The van der Waals surface area contributed by atoms with E-state index in [2.05, 4.69) is 4.98 Å². The number of hydrogen-bond donors (Lipinski definition) is 0. The van der Waals surface area contributed by atoms with Crippen LogP contribution >= 0.6 is 23.2 Å². The Morgan fingerprint density at radius 1 is 1.27 bits per heavy atom. The van der Waals surface area contributed by atoms with Crippen LogP contribution in [0, 0.1) is 5.92 Å². The Hall–Kier alpha value is -1.26. The molecule has 1 unspecified atom stereocenters. The fourth-order valence-electron chi connectivity index (χ4n) is 3.11. The summed E-state index contributed by atoms with van der Waals surface area (Å²) >= 11 is 12.0. The van der Waals surface area contributed by atoms with Gasteiger partial charge in [0.15, 0.2) is 11.5 Å². The molecule has 1 saturated carbocycles. The minimum atomic E-state index is -0.839. The largest absolute Gasteiger partial charge is 0.440 e. The van der Waals surface area contributed by atoms with Crippen LogP contribution < -0.4 is 0 Å². The molecule has 1 aromatic heterocycles. The van der Waals surface area contributed by atoms with Gasteiger partial charge in [0.25, 0.3) is 0 Å². The first kappa shape index (κ1) is 14.3. The number of carbonyl (C=O) groups excluding carboxylic acids is 1. The van der Waals surface area contributed by atoms with Crippen molar-refractivity contribution in [3.05, 3.63) is 30.2 Å². The van der Waals surface area contributed by atoms with E-state index >= 15 is 0 Å². The predicted molar refractivity (Wildman–Crippen MR) is 85.1 cm³/mol. The Kier molecular flexibility index (Phi) is 3.35. The smallest absolute Gasteiger partial charge is 0.228 e. The van der Waals surface area contributed by atoms with E-state index in [4.69, 9.17) is 27.6 Å². The summed E-state index contributed by atoms with van der Waals surface area (Å²) in [5.74, 6) is 0.911. The Morgan fingerprint density at radius 2 is 1.95 bits per heavy atom. The number of benzene rings is 1. The molecule has 1 aliphatic carbocycles. The SMILES string of the molecule is O=C(C1CC1(Cl)Cl)N1CCC(c2nc3ccccc3o2)CC1. The number of hydrogen-bond acceptors (Lipinski definition) is 3. The number of amides is 1. The maximum atomic E-state index is 12.3. The van der Waals surface area contributed by atoms with Gasteiger partial charge in [0.1, 0.15) is 9.85 Å². The average Bonchev–Trinajstić information content (AvgIpc) is 2.98. The monoisotopic (exact) mass is 338 g/mol. The number of likely N-dealkylation sites (tertiary alicyclic amines) is 1. The van der Waals surface area contributed by atoms with Gasteiger partial charge in [-0.2, -0.15) is 0 Å². The third-order valence-electron chi connectivity index (χ3n) is 4.59. The third kappa shape index (κ3) is 2.48. The number of alkyl halides is 2. The first-order valence-corrected chi connectivity index (χ1v) is 8.32. The second kappa shape index (κ2) is 5.14. The molecular formula is C16H16Cl2N2O2. The minimum absolute atomic E-state index is 0.0843. The molecule has 0 N–H and O–H groups in total. The van der Waals surface area contributed by atoms with Crippen molar-refractivity contribution >= 4 is 40.2 Å². The summed E-state index contributed by atoms with van der Waals surface area (Å²) in [5.41, 5.74) is 1.71. The van der Waals surface area contributed by atoms with Crippen LogP contribution in [-0.2, 0) is 4.79 Å². The quantitative estimate of drug-likeness (QED) is 0.784. The van der Waals surface area contributed by atoms with Crippen molar-refractivity contribution < 1.29 is 9.21 Å². The van der Waals surface area contributed by atoms with Crippen LogP contribution in [0.3, 0.4) is 0 Å². The summed E-state index contributed by atoms with van der Waals surface area (Å²) in [6.07, 6.45) is 2.30. The van der Waals surface area contributed by atoms with Crippen LogP contribution in [0.4, 0.5) is 0 Å². The number of fused-ring (bicyclic) bond motifs is 1. The lowest BCUT2D eigenvalue weighted by molar-refractivity contribution is -0.133. The van der Waals surface area contributed by atoms with Gasteiger partial charge in [-0.25, -0.2) is 4.98 Å². The zero-order valence-electron chi connectivity index (χ0n) is 12.0. The molecule has 2 fully saturated rings. The molecule has 1 aromatic carbocycles. The molecule has 0 radical (unpaired) electrons. The molecular weight excluding hydrogens is 323 g/mol. The lowest BCUT2D eigenvalue weighted by atomic mass is 9.96. The first-order valence-electron chi connectivity index (χ1n) is 7.57. The molecule has 1 atom stereocenters. The van der Waals surface area contributed by atoms with Crippen molar-refractivity contribution in [3.63, 3.8) is 0 Å². The van der Waals surface area contributed by atoms with Crippen LogP contribution in [0.25, 0.3) is 11.1 Å². The average molecular weight is 339 g/mol. The highest BCUT2D eigenvalue weighted by Gasteiger charge is 2.57. The number of aromatic nitrogens is 1. The van der Waals surface area contributed by atoms with Crippen molar-refractivity contribution in [2.45, 2.75) is 29.5 Å². The molecule has 116 valence electrons. The highest BCUT2D eigenvalue weighted by Crippen LogP contribution is 2.54. The van der Waals surface area contributed by atoms with Gasteiger partial charge >= 0.3 is 0 Å².